The smallest absolute Gasteiger partial charge is 0.123 e. The van der Waals surface area contributed by atoms with Crippen molar-refractivity contribution in [3.63, 3.8) is 0 Å². The molecule has 1 unspecified atom stereocenters. The molecule has 1 saturated carbocycles. The zero-order valence-corrected chi connectivity index (χ0v) is 11.8. The lowest BCUT2D eigenvalue weighted by Crippen LogP contribution is -2.32. The van der Waals surface area contributed by atoms with Crippen LogP contribution in [0.2, 0.25) is 0 Å². The number of aromatic hydroxyl groups is 1. The predicted molar refractivity (Wildman–Crippen MR) is 75.9 cm³/mol. The van der Waals surface area contributed by atoms with E-state index in [2.05, 4.69) is 0 Å². The molecule has 19 heavy (non-hydrogen) atoms. The Hall–Kier alpha value is -1.22. The molecule has 2 aliphatic carbocycles. The summed E-state index contributed by atoms with van der Waals surface area (Å²) in [6.07, 6.45) is 6.44. The Morgan fingerprint density at radius 3 is 2.42 bits per heavy atom. The number of phenols is 1. The molecule has 0 heterocycles. The fourth-order valence-corrected chi connectivity index (χ4v) is 3.55. The topological polar surface area (TPSA) is 55.5 Å². The standard InChI is InChI=1S/C16H23NO2/c1-10(17)16(7-8-16)13-9-14(19-2)11-5-3-4-6-12(11)15(13)18/h9-10,18H,3-8,17H2,1-2H3. The van der Waals surface area contributed by atoms with E-state index in [0.717, 1.165) is 49.0 Å². The van der Waals surface area contributed by atoms with Crippen molar-refractivity contribution in [1.29, 1.82) is 0 Å². The first-order valence-corrected chi connectivity index (χ1v) is 7.28. The molecule has 3 nitrogen and oxygen atoms in total. The molecule has 1 aromatic carbocycles. The molecule has 0 radical (unpaired) electrons. The summed E-state index contributed by atoms with van der Waals surface area (Å²) in [5.74, 6) is 1.43. The molecule has 3 heteroatoms. The van der Waals surface area contributed by atoms with Crippen LogP contribution in [-0.2, 0) is 18.3 Å². The Balaban J connectivity index is 2.16. The van der Waals surface area contributed by atoms with Gasteiger partial charge >= 0.3 is 0 Å². The highest BCUT2D eigenvalue weighted by Gasteiger charge is 2.49. The maximum absolute atomic E-state index is 10.7. The van der Waals surface area contributed by atoms with Crippen molar-refractivity contribution in [1.82, 2.24) is 0 Å². The van der Waals surface area contributed by atoms with Gasteiger partial charge in [-0.1, -0.05) is 0 Å². The van der Waals surface area contributed by atoms with Crippen LogP contribution in [0.25, 0.3) is 0 Å². The van der Waals surface area contributed by atoms with Crippen LogP contribution < -0.4 is 10.5 Å². The van der Waals surface area contributed by atoms with Gasteiger partial charge in [-0.25, -0.2) is 0 Å². The van der Waals surface area contributed by atoms with Crippen molar-refractivity contribution in [3.05, 3.63) is 22.8 Å². The minimum Gasteiger partial charge on any atom is -0.507 e. The van der Waals surface area contributed by atoms with Gasteiger partial charge in [-0.05, 0) is 51.5 Å². The van der Waals surface area contributed by atoms with Gasteiger partial charge in [-0.3, -0.25) is 0 Å². The molecule has 0 amide bonds. The number of rotatable bonds is 3. The molecule has 3 rings (SSSR count). The number of hydrogen-bond donors (Lipinski definition) is 2. The van der Waals surface area contributed by atoms with Crippen LogP contribution in [0, 0.1) is 0 Å². The van der Waals surface area contributed by atoms with Crippen LogP contribution in [0.3, 0.4) is 0 Å². The lowest BCUT2D eigenvalue weighted by Gasteiger charge is -2.27. The summed E-state index contributed by atoms with van der Waals surface area (Å²) >= 11 is 0. The fourth-order valence-electron chi connectivity index (χ4n) is 3.55. The maximum Gasteiger partial charge on any atom is 0.123 e. The third-order valence-corrected chi connectivity index (χ3v) is 5.00. The average Bonchev–Trinajstić information content (AvgIpc) is 3.21. The van der Waals surface area contributed by atoms with Gasteiger partial charge in [0.25, 0.3) is 0 Å². The van der Waals surface area contributed by atoms with E-state index < -0.39 is 0 Å². The summed E-state index contributed by atoms with van der Waals surface area (Å²) in [5, 5.41) is 10.7. The third kappa shape index (κ3) is 1.83. The summed E-state index contributed by atoms with van der Waals surface area (Å²) in [4.78, 5) is 0. The second kappa shape index (κ2) is 4.41. The molecule has 1 atom stereocenters. The zero-order chi connectivity index (χ0) is 13.6. The molecule has 0 spiro atoms. The van der Waals surface area contributed by atoms with Crippen molar-refractivity contribution in [2.45, 2.75) is 56.9 Å². The minimum atomic E-state index is -0.0240. The highest BCUT2D eigenvalue weighted by molar-refractivity contribution is 5.58. The Labute approximate surface area is 114 Å². The molecule has 0 bridgehead atoms. The zero-order valence-electron chi connectivity index (χ0n) is 11.8. The first kappa shape index (κ1) is 12.8. The largest absolute Gasteiger partial charge is 0.507 e. The van der Waals surface area contributed by atoms with Crippen molar-refractivity contribution in [3.8, 4) is 11.5 Å². The molecule has 2 aliphatic rings. The van der Waals surface area contributed by atoms with Crippen LogP contribution in [0.15, 0.2) is 6.07 Å². The van der Waals surface area contributed by atoms with Gasteiger partial charge in [0.1, 0.15) is 11.5 Å². The molecule has 3 N–H and O–H groups in total. The summed E-state index contributed by atoms with van der Waals surface area (Å²) < 4.78 is 5.56. The van der Waals surface area contributed by atoms with Crippen LogP contribution >= 0.6 is 0 Å². The maximum atomic E-state index is 10.7. The fraction of sp³-hybridized carbons (Fsp3) is 0.625. The second-order valence-corrected chi connectivity index (χ2v) is 6.08. The first-order chi connectivity index (χ1) is 9.10. The number of hydrogen-bond acceptors (Lipinski definition) is 3. The Morgan fingerprint density at radius 2 is 1.89 bits per heavy atom. The van der Waals surface area contributed by atoms with Gasteiger partial charge in [0, 0.05) is 28.1 Å². The van der Waals surface area contributed by atoms with Crippen LogP contribution in [-0.4, -0.2) is 18.3 Å². The van der Waals surface area contributed by atoms with Crippen molar-refractivity contribution >= 4 is 0 Å². The quantitative estimate of drug-likeness (QED) is 0.879. The highest BCUT2D eigenvalue weighted by atomic mass is 16.5. The first-order valence-electron chi connectivity index (χ1n) is 7.28. The summed E-state index contributed by atoms with van der Waals surface area (Å²) in [6.45, 7) is 2.04. The summed E-state index contributed by atoms with van der Waals surface area (Å²) in [5.41, 5.74) is 9.45. The SMILES string of the molecule is COc1cc(C2(C(C)N)CC2)c(O)c2c1CCCC2. The number of ether oxygens (including phenoxy) is 1. The van der Waals surface area contributed by atoms with E-state index in [9.17, 15) is 5.11 Å². The third-order valence-electron chi connectivity index (χ3n) is 5.00. The number of benzene rings is 1. The molecular weight excluding hydrogens is 238 g/mol. The minimum absolute atomic E-state index is 0.0240. The molecular formula is C16H23NO2. The van der Waals surface area contributed by atoms with Crippen LogP contribution in [0.4, 0.5) is 0 Å². The van der Waals surface area contributed by atoms with Gasteiger partial charge in [0.2, 0.25) is 0 Å². The lowest BCUT2D eigenvalue weighted by atomic mass is 9.82. The summed E-state index contributed by atoms with van der Waals surface area (Å²) in [6, 6.07) is 2.11. The molecule has 1 fully saturated rings. The average molecular weight is 261 g/mol. The van der Waals surface area contributed by atoms with E-state index in [1.807, 2.05) is 13.0 Å². The van der Waals surface area contributed by atoms with Gasteiger partial charge in [-0.2, -0.15) is 0 Å². The van der Waals surface area contributed by atoms with E-state index in [-0.39, 0.29) is 11.5 Å². The predicted octanol–water partition coefficient (Wildman–Crippen LogP) is 2.66. The highest BCUT2D eigenvalue weighted by Crippen LogP contribution is 2.55. The van der Waals surface area contributed by atoms with Crippen molar-refractivity contribution in [2.24, 2.45) is 5.73 Å². The van der Waals surface area contributed by atoms with E-state index in [0.29, 0.717) is 5.75 Å². The molecule has 0 aliphatic heterocycles. The Kier molecular flexibility index (Phi) is 2.97. The van der Waals surface area contributed by atoms with Crippen LogP contribution in [0.1, 0.15) is 49.3 Å². The number of nitrogens with two attached hydrogens (primary N) is 1. The molecule has 104 valence electrons. The van der Waals surface area contributed by atoms with Gasteiger partial charge < -0.3 is 15.6 Å². The van der Waals surface area contributed by atoms with Crippen molar-refractivity contribution < 1.29 is 9.84 Å². The Bertz CT molecular complexity index is 504. The van der Waals surface area contributed by atoms with E-state index >= 15 is 0 Å². The van der Waals surface area contributed by atoms with E-state index in [1.54, 1.807) is 7.11 Å². The molecule has 0 aromatic heterocycles. The van der Waals surface area contributed by atoms with Crippen LogP contribution in [0.5, 0.6) is 11.5 Å². The van der Waals surface area contributed by atoms with E-state index in [1.165, 1.54) is 12.0 Å². The van der Waals surface area contributed by atoms with Gasteiger partial charge in [-0.15, -0.1) is 0 Å². The molecule has 0 saturated heterocycles. The number of methoxy groups -OCH3 is 1. The molecule has 1 aromatic rings. The second-order valence-electron chi connectivity index (χ2n) is 6.08. The van der Waals surface area contributed by atoms with Crippen molar-refractivity contribution in [2.75, 3.05) is 7.11 Å². The Morgan fingerprint density at radius 1 is 1.26 bits per heavy atom. The lowest BCUT2D eigenvalue weighted by molar-refractivity contribution is 0.393. The van der Waals surface area contributed by atoms with Gasteiger partial charge in [0.05, 0.1) is 7.11 Å². The normalized spacial score (nSPS) is 21.6. The number of fused-ring (bicyclic) bond motifs is 1. The summed E-state index contributed by atoms with van der Waals surface area (Å²) in [7, 11) is 1.72. The monoisotopic (exact) mass is 261 g/mol. The van der Waals surface area contributed by atoms with Gasteiger partial charge in [0.15, 0.2) is 0 Å². The van der Waals surface area contributed by atoms with E-state index in [4.69, 9.17) is 10.5 Å². The number of phenolic OH excluding ortho intramolecular Hbond substituents is 1.